The monoisotopic (exact) mass is 221 g/mol. The first-order chi connectivity index (χ1) is 7.22. The molecule has 1 rings (SSSR count). The summed E-state index contributed by atoms with van der Waals surface area (Å²) in [6.07, 6.45) is 3.54. The molecule has 0 spiro atoms. The Hall–Kier alpha value is -1.01. The normalized spacial score (nSPS) is 10.3. The molecule has 0 amide bonds. The molecule has 0 radical (unpaired) electrons. The van der Waals surface area contributed by atoms with Crippen LogP contribution in [-0.4, -0.2) is 23.1 Å². The van der Waals surface area contributed by atoms with Crippen LogP contribution in [0.1, 0.15) is 24.3 Å². The first-order valence-electron chi connectivity index (χ1n) is 5.11. The molecule has 0 aliphatic carbocycles. The molecule has 0 bridgehead atoms. The first-order valence-corrected chi connectivity index (χ1v) is 6.82. The molecule has 0 saturated carbocycles. The van der Waals surface area contributed by atoms with Gasteiger partial charge in [-0.25, -0.2) is 4.98 Å². The average Bonchev–Trinajstić information content (AvgIpc) is 2.30. The molecule has 0 N–H and O–H groups in total. The maximum absolute atomic E-state index is 11.4. The van der Waals surface area contributed by atoms with Gasteiger partial charge in [-0.2, -0.15) is 0 Å². The molecule has 0 fully saturated rings. The molecule has 1 aromatic heterocycles. The van der Waals surface area contributed by atoms with E-state index in [9.17, 15) is 4.79 Å². The second-order valence-corrected chi connectivity index (χ2v) is 5.92. The van der Waals surface area contributed by atoms with E-state index in [1.165, 1.54) is 6.08 Å². The zero-order chi connectivity index (χ0) is 11.3. The summed E-state index contributed by atoms with van der Waals surface area (Å²) in [5.74, 6) is -0.0981. The molecule has 0 aliphatic rings. The van der Waals surface area contributed by atoms with Gasteiger partial charge in [0.1, 0.15) is 5.69 Å². The smallest absolute Gasteiger partial charge is 0.203 e. The summed E-state index contributed by atoms with van der Waals surface area (Å²) in [6.45, 7) is 7.80. The fraction of sp³-hybridized carbons (Fsp3) is 0.333. The fourth-order valence-corrected chi connectivity index (χ4v) is 3.03. The number of carbonyl (C=O) groups excluding carboxylic acids is 1. The maximum Gasteiger partial charge on any atom is 0.203 e. The number of carbonyl (C=O) groups is 1. The van der Waals surface area contributed by atoms with E-state index in [1.54, 1.807) is 6.07 Å². The topological polar surface area (TPSA) is 30.0 Å². The van der Waals surface area contributed by atoms with E-state index >= 15 is 0 Å². The van der Waals surface area contributed by atoms with Gasteiger partial charge >= 0.3 is 0 Å². The largest absolute Gasteiger partial charge is 0.288 e. The van der Waals surface area contributed by atoms with Crippen LogP contribution in [0.2, 0.25) is 0 Å². The third kappa shape index (κ3) is 2.97. The number of hydrogen-bond acceptors (Lipinski definition) is 2. The zero-order valence-electron chi connectivity index (χ0n) is 9.23. The van der Waals surface area contributed by atoms with E-state index < -0.39 is 0 Å². The minimum absolute atomic E-state index is 0.0981. The highest BCUT2D eigenvalue weighted by Gasteiger charge is 2.10. The molecule has 80 valence electrons. The lowest BCUT2D eigenvalue weighted by Crippen LogP contribution is -2.13. The number of allylic oxidation sites excluding steroid dienone is 1. The highest BCUT2D eigenvalue weighted by atomic mass is 31.1. The van der Waals surface area contributed by atoms with Gasteiger partial charge in [-0.05, 0) is 30.5 Å². The van der Waals surface area contributed by atoms with Crippen molar-refractivity contribution in [2.45, 2.75) is 13.8 Å². The quantitative estimate of drug-likeness (QED) is 0.434. The molecule has 2 nitrogen and oxygen atoms in total. The fourth-order valence-electron chi connectivity index (χ4n) is 1.39. The molecule has 3 heteroatoms. The average molecular weight is 221 g/mol. The van der Waals surface area contributed by atoms with Crippen LogP contribution >= 0.6 is 7.92 Å². The van der Waals surface area contributed by atoms with Crippen molar-refractivity contribution in [3.63, 3.8) is 0 Å². The Morgan fingerprint density at radius 1 is 1.47 bits per heavy atom. The summed E-state index contributed by atoms with van der Waals surface area (Å²) in [6, 6.07) is 5.66. The van der Waals surface area contributed by atoms with Crippen molar-refractivity contribution in [1.29, 1.82) is 0 Å². The summed E-state index contributed by atoms with van der Waals surface area (Å²) in [5, 5.41) is 0. The molecule has 1 aromatic rings. The van der Waals surface area contributed by atoms with E-state index in [0.29, 0.717) is 5.69 Å². The standard InChI is InChI=1S/C12H16NOP/c1-4-11(14)10-8-7-9-12(13-10)15(5-2)6-3/h4,7-9H,1,5-6H2,2-3H3. The van der Waals surface area contributed by atoms with Gasteiger partial charge in [0.25, 0.3) is 0 Å². The van der Waals surface area contributed by atoms with Crippen LogP contribution in [0.5, 0.6) is 0 Å². The van der Waals surface area contributed by atoms with Gasteiger partial charge in [0, 0.05) is 0 Å². The lowest BCUT2D eigenvalue weighted by molar-refractivity contribution is 0.104. The number of rotatable bonds is 5. The van der Waals surface area contributed by atoms with Crippen LogP contribution in [0.3, 0.4) is 0 Å². The van der Waals surface area contributed by atoms with Crippen LogP contribution < -0.4 is 5.44 Å². The Morgan fingerprint density at radius 3 is 2.67 bits per heavy atom. The van der Waals surface area contributed by atoms with Crippen molar-refractivity contribution in [2.24, 2.45) is 0 Å². The highest BCUT2D eigenvalue weighted by molar-refractivity contribution is 7.65. The van der Waals surface area contributed by atoms with E-state index in [-0.39, 0.29) is 13.7 Å². The van der Waals surface area contributed by atoms with Crippen molar-refractivity contribution < 1.29 is 4.79 Å². The van der Waals surface area contributed by atoms with Gasteiger partial charge in [-0.1, -0.05) is 34.4 Å². The Balaban J connectivity index is 3.01. The van der Waals surface area contributed by atoms with Gasteiger partial charge in [0.15, 0.2) is 0 Å². The third-order valence-electron chi connectivity index (χ3n) is 2.26. The minimum atomic E-state index is -0.195. The molecular formula is C12H16NOP. The summed E-state index contributed by atoms with van der Waals surface area (Å²) in [5.41, 5.74) is 1.58. The molecule has 15 heavy (non-hydrogen) atoms. The van der Waals surface area contributed by atoms with Crippen LogP contribution in [0.25, 0.3) is 0 Å². The lowest BCUT2D eigenvalue weighted by Gasteiger charge is -2.12. The van der Waals surface area contributed by atoms with Crippen molar-refractivity contribution in [2.75, 3.05) is 12.3 Å². The van der Waals surface area contributed by atoms with E-state index in [2.05, 4.69) is 25.4 Å². The SMILES string of the molecule is C=CC(=O)c1cccc(P(CC)CC)n1. The van der Waals surface area contributed by atoms with Crippen LogP contribution in [0, 0.1) is 0 Å². The van der Waals surface area contributed by atoms with Crippen molar-refractivity contribution >= 4 is 19.1 Å². The van der Waals surface area contributed by atoms with E-state index in [0.717, 1.165) is 17.8 Å². The molecular weight excluding hydrogens is 205 g/mol. The summed E-state index contributed by atoms with van der Waals surface area (Å²) < 4.78 is 0. The molecule has 0 aromatic carbocycles. The highest BCUT2D eigenvalue weighted by Crippen LogP contribution is 2.31. The van der Waals surface area contributed by atoms with Crippen LogP contribution in [-0.2, 0) is 0 Å². The van der Waals surface area contributed by atoms with E-state index in [4.69, 9.17) is 0 Å². The predicted octanol–water partition coefficient (Wildman–Crippen LogP) is 2.60. The summed E-state index contributed by atoms with van der Waals surface area (Å²) in [4.78, 5) is 15.8. The van der Waals surface area contributed by atoms with Gasteiger partial charge in [-0.15, -0.1) is 0 Å². The Bertz CT molecular complexity index is 358. The van der Waals surface area contributed by atoms with Gasteiger partial charge in [0.05, 0.1) is 5.44 Å². The Labute approximate surface area is 92.2 Å². The summed E-state index contributed by atoms with van der Waals surface area (Å²) in [7, 11) is -0.195. The lowest BCUT2D eigenvalue weighted by atomic mass is 10.2. The van der Waals surface area contributed by atoms with E-state index in [1.807, 2.05) is 12.1 Å². The molecule has 0 saturated heterocycles. The summed E-state index contributed by atoms with van der Waals surface area (Å²) >= 11 is 0. The molecule has 0 atom stereocenters. The minimum Gasteiger partial charge on any atom is -0.288 e. The maximum atomic E-state index is 11.4. The Morgan fingerprint density at radius 2 is 2.13 bits per heavy atom. The second kappa shape index (κ2) is 5.77. The Kier molecular flexibility index (Phi) is 4.64. The third-order valence-corrected chi connectivity index (χ3v) is 4.68. The number of pyridine rings is 1. The number of aromatic nitrogens is 1. The number of nitrogens with zero attached hydrogens (tertiary/aromatic N) is 1. The van der Waals surface area contributed by atoms with Crippen LogP contribution in [0.4, 0.5) is 0 Å². The van der Waals surface area contributed by atoms with Gasteiger partial charge < -0.3 is 0 Å². The van der Waals surface area contributed by atoms with Gasteiger partial charge in [-0.3, -0.25) is 4.79 Å². The van der Waals surface area contributed by atoms with Crippen molar-refractivity contribution in [1.82, 2.24) is 4.98 Å². The first kappa shape index (κ1) is 12.1. The number of hydrogen-bond donors (Lipinski definition) is 0. The zero-order valence-corrected chi connectivity index (χ0v) is 10.1. The second-order valence-electron chi connectivity index (χ2n) is 3.12. The van der Waals surface area contributed by atoms with Crippen molar-refractivity contribution in [3.8, 4) is 0 Å². The van der Waals surface area contributed by atoms with Crippen LogP contribution in [0.15, 0.2) is 30.9 Å². The van der Waals surface area contributed by atoms with Gasteiger partial charge in [0.2, 0.25) is 5.78 Å². The number of ketones is 1. The molecule has 1 heterocycles. The van der Waals surface area contributed by atoms with Crippen molar-refractivity contribution in [3.05, 3.63) is 36.5 Å². The molecule has 0 aliphatic heterocycles. The molecule has 0 unspecified atom stereocenters. The predicted molar refractivity (Wildman–Crippen MR) is 66.4 cm³/mol.